The van der Waals surface area contributed by atoms with Crippen molar-refractivity contribution >= 4 is 17.7 Å². The molecule has 24 heavy (non-hydrogen) atoms. The number of hydrogen-bond acceptors (Lipinski definition) is 6. The fraction of sp³-hybridized carbons (Fsp3) is 0.706. The molecule has 2 saturated heterocycles. The first-order valence-electron chi connectivity index (χ1n) is 8.99. The number of carboxylic acids is 1. The number of nitrogens with one attached hydrogen (secondary N) is 1. The summed E-state index contributed by atoms with van der Waals surface area (Å²) in [5, 5.41) is 12.3. The summed E-state index contributed by atoms with van der Waals surface area (Å²) in [4.78, 5) is 24.2. The van der Waals surface area contributed by atoms with Gasteiger partial charge in [0.05, 0.1) is 6.54 Å². The molecule has 0 atom stereocenters. The highest BCUT2D eigenvalue weighted by Gasteiger charge is 2.21. The van der Waals surface area contributed by atoms with Crippen molar-refractivity contribution in [3.05, 3.63) is 12.3 Å². The van der Waals surface area contributed by atoms with Crippen LogP contribution < -0.4 is 10.2 Å². The predicted molar refractivity (Wildman–Crippen MR) is 93.4 cm³/mol. The highest BCUT2D eigenvalue weighted by atomic mass is 16.4. The van der Waals surface area contributed by atoms with Gasteiger partial charge in [-0.05, 0) is 31.7 Å². The summed E-state index contributed by atoms with van der Waals surface area (Å²) in [6, 6.07) is 2.31. The minimum Gasteiger partial charge on any atom is -0.480 e. The number of carbonyl (C=O) groups is 1. The molecule has 0 aliphatic carbocycles. The van der Waals surface area contributed by atoms with Gasteiger partial charge in [0.2, 0.25) is 5.95 Å². The minimum atomic E-state index is -0.755. The molecular weight excluding hydrogens is 306 g/mol. The third-order valence-electron chi connectivity index (χ3n) is 4.85. The molecule has 7 heteroatoms. The van der Waals surface area contributed by atoms with Gasteiger partial charge in [0, 0.05) is 38.4 Å². The first-order chi connectivity index (χ1) is 11.7. The lowest BCUT2D eigenvalue weighted by Crippen LogP contribution is -2.41. The molecule has 1 aromatic heterocycles. The normalized spacial score (nSPS) is 20.6. The second-order valence-electron chi connectivity index (χ2n) is 6.73. The fourth-order valence-electron chi connectivity index (χ4n) is 3.50. The van der Waals surface area contributed by atoms with Gasteiger partial charge in [-0.25, -0.2) is 4.98 Å². The van der Waals surface area contributed by atoms with Crippen LogP contribution in [0.2, 0.25) is 0 Å². The topological polar surface area (TPSA) is 81.6 Å². The van der Waals surface area contributed by atoms with Crippen molar-refractivity contribution in [3.63, 3.8) is 0 Å². The van der Waals surface area contributed by atoms with Crippen LogP contribution in [-0.2, 0) is 4.79 Å². The molecule has 0 saturated carbocycles. The summed E-state index contributed by atoms with van der Waals surface area (Å²) < 4.78 is 0. The predicted octanol–water partition coefficient (Wildman–Crippen LogP) is 1.82. The number of rotatable bonds is 5. The third kappa shape index (κ3) is 4.80. The van der Waals surface area contributed by atoms with Gasteiger partial charge in [-0.3, -0.25) is 9.69 Å². The van der Waals surface area contributed by atoms with Gasteiger partial charge in [0.1, 0.15) is 5.82 Å². The van der Waals surface area contributed by atoms with Crippen LogP contribution in [0.5, 0.6) is 0 Å². The van der Waals surface area contributed by atoms with Crippen molar-refractivity contribution < 1.29 is 9.90 Å². The second-order valence-corrected chi connectivity index (χ2v) is 6.73. The van der Waals surface area contributed by atoms with Crippen LogP contribution in [0.1, 0.15) is 38.5 Å². The van der Waals surface area contributed by atoms with E-state index in [9.17, 15) is 4.79 Å². The largest absolute Gasteiger partial charge is 0.480 e. The molecule has 0 amide bonds. The Hall–Kier alpha value is -1.89. The summed E-state index contributed by atoms with van der Waals surface area (Å²) in [5.41, 5.74) is 0. The lowest BCUT2D eigenvalue weighted by Gasteiger charge is -2.31. The van der Waals surface area contributed by atoms with Crippen LogP contribution in [0.3, 0.4) is 0 Å². The second kappa shape index (κ2) is 8.28. The summed E-state index contributed by atoms with van der Waals surface area (Å²) in [7, 11) is 0. The van der Waals surface area contributed by atoms with Gasteiger partial charge in [-0.1, -0.05) is 12.8 Å². The molecule has 2 fully saturated rings. The number of likely N-dealkylation sites (tertiary alicyclic amines) is 1. The van der Waals surface area contributed by atoms with E-state index in [-0.39, 0.29) is 6.54 Å². The molecule has 0 radical (unpaired) electrons. The molecule has 0 spiro atoms. The van der Waals surface area contributed by atoms with E-state index in [1.807, 2.05) is 17.2 Å². The molecule has 0 unspecified atom stereocenters. The lowest BCUT2D eigenvalue weighted by atomic mass is 10.1. The Balaban J connectivity index is 1.54. The fourth-order valence-corrected chi connectivity index (χ4v) is 3.50. The number of hydrogen-bond donors (Lipinski definition) is 2. The van der Waals surface area contributed by atoms with E-state index in [1.165, 1.54) is 25.7 Å². The molecule has 0 aromatic carbocycles. The quantitative estimate of drug-likeness (QED) is 0.850. The van der Waals surface area contributed by atoms with Gasteiger partial charge in [-0.2, -0.15) is 4.98 Å². The minimum absolute atomic E-state index is 0.133. The maximum absolute atomic E-state index is 10.8. The smallest absolute Gasteiger partial charge is 0.317 e. The summed E-state index contributed by atoms with van der Waals surface area (Å²) in [6.07, 6.45) is 8.75. The van der Waals surface area contributed by atoms with Crippen molar-refractivity contribution in [1.82, 2.24) is 14.9 Å². The molecule has 1 aromatic rings. The van der Waals surface area contributed by atoms with E-state index < -0.39 is 5.97 Å². The van der Waals surface area contributed by atoms with Crippen molar-refractivity contribution in [1.29, 1.82) is 0 Å². The highest BCUT2D eigenvalue weighted by Crippen LogP contribution is 2.19. The summed E-state index contributed by atoms with van der Waals surface area (Å²) in [5.74, 6) is 0.945. The first kappa shape index (κ1) is 17.0. The van der Waals surface area contributed by atoms with E-state index in [0.29, 0.717) is 12.0 Å². The van der Waals surface area contributed by atoms with Crippen LogP contribution in [-0.4, -0.2) is 64.7 Å². The first-order valence-corrected chi connectivity index (χ1v) is 8.99. The van der Waals surface area contributed by atoms with Gasteiger partial charge in [-0.15, -0.1) is 0 Å². The molecule has 2 aliphatic heterocycles. The zero-order valence-corrected chi connectivity index (χ0v) is 14.2. The Morgan fingerprint density at radius 3 is 2.54 bits per heavy atom. The number of anilines is 2. The van der Waals surface area contributed by atoms with Crippen LogP contribution in [0.4, 0.5) is 11.8 Å². The summed E-state index contributed by atoms with van der Waals surface area (Å²) in [6.45, 7) is 3.88. The third-order valence-corrected chi connectivity index (χ3v) is 4.85. The van der Waals surface area contributed by atoms with Gasteiger partial charge >= 0.3 is 5.97 Å². The Labute approximate surface area is 143 Å². The Morgan fingerprint density at radius 1 is 1.17 bits per heavy atom. The van der Waals surface area contributed by atoms with Crippen LogP contribution in [0, 0.1) is 0 Å². The molecule has 132 valence electrons. The number of carboxylic acid groups (broad SMARTS) is 1. The zero-order chi connectivity index (χ0) is 16.8. The van der Waals surface area contributed by atoms with Gasteiger partial charge < -0.3 is 15.3 Å². The van der Waals surface area contributed by atoms with Crippen molar-refractivity contribution in [3.8, 4) is 0 Å². The SMILES string of the molecule is O=C(O)CN1CCC(Nc2nccc(N3CCCCCC3)n2)CC1. The molecule has 2 aliphatic rings. The number of piperidine rings is 1. The van der Waals surface area contributed by atoms with Gasteiger partial charge in [0.15, 0.2) is 0 Å². The molecule has 3 heterocycles. The standard InChI is InChI=1S/C17H27N5O2/c23-16(24)13-21-11-6-14(7-12-21)19-17-18-8-5-15(20-17)22-9-3-1-2-4-10-22/h5,8,14H,1-4,6-7,9-13H2,(H,23,24)(H,18,19,20). The van der Waals surface area contributed by atoms with Gasteiger partial charge in [0.25, 0.3) is 0 Å². The van der Waals surface area contributed by atoms with E-state index in [2.05, 4.69) is 15.2 Å². The van der Waals surface area contributed by atoms with E-state index >= 15 is 0 Å². The zero-order valence-electron chi connectivity index (χ0n) is 14.2. The average molecular weight is 333 g/mol. The number of aliphatic carboxylic acids is 1. The van der Waals surface area contributed by atoms with Crippen molar-refractivity contribution in [2.75, 3.05) is 42.9 Å². The van der Waals surface area contributed by atoms with Crippen molar-refractivity contribution in [2.24, 2.45) is 0 Å². The molecular formula is C17H27N5O2. The Morgan fingerprint density at radius 2 is 1.88 bits per heavy atom. The number of aromatic nitrogens is 2. The summed E-state index contributed by atoms with van der Waals surface area (Å²) >= 11 is 0. The van der Waals surface area contributed by atoms with E-state index in [1.54, 1.807) is 0 Å². The molecule has 3 rings (SSSR count). The lowest BCUT2D eigenvalue weighted by molar-refractivity contribution is -0.138. The van der Waals surface area contributed by atoms with Crippen LogP contribution in [0.15, 0.2) is 12.3 Å². The van der Waals surface area contributed by atoms with Crippen molar-refractivity contribution in [2.45, 2.75) is 44.6 Å². The molecule has 7 nitrogen and oxygen atoms in total. The molecule has 0 bridgehead atoms. The maximum Gasteiger partial charge on any atom is 0.317 e. The van der Waals surface area contributed by atoms with E-state index in [0.717, 1.165) is 44.8 Å². The van der Waals surface area contributed by atoms with Crippen LogP contribution in [0.25, 0.3) is 0 Å². The van der Waals surface area contributed by atoms with Crippen LogP contribution >= 0.6 is 0 Å². The average Bonchev–Trinajstić information content (AvgIpc) is 2.86. The molecule has 2 N–H and O–H groups in total. The Bertz CT molecular complexity index is 538. The number of nitrogens with zero attached hydrogens (tertiary/aromatic N) is 4. The van der Waals surface area contributed by atoms with E-state index in [4.69, 9.17) is 10.1 Å². The highest BCUT2D eigenvalue weighted by molar-refractivity contribution is 5.69. The monoisotopic (exact) mass is 333 g/mol. The maximum atomic E-state index is 10.8. The Kier molecular flexibility index (Phi) is 5.85.